The van der Waals surface area contributed by atoms with Crippen molar-refractivity contribution in [1.82, 2.24) is 15.0 Å². The van der Waals surface area contributed by atoms with E-state index in [1.807, 2.05) is 6.20 Å². The van der Waals surface area contributed by atoms with Crippen LogP contribution in [-0.2, 0) is 12.8 Å². The minimum atomic E-state index is 0.208. The fraction of sp³-hybridized carbons (Fsp3) is 0.400. The third kappa shape index (κ3) is 3.04. The molecule has 2 aromatic rings. The highest BCUT2D eigenvalue weighted by atomic mass is 15.0. The lowest BCUT2D eigenvalue weighted by molar-refractivity contribution is 0.830. The molecule has 0 bridgehead atoms. The molecular weight excluding hydrogens is 250 g/mol. The fourth-order valence-electron chi connectivity index (χ4n) is 2.20. The standard InChI is InChI=1S/C15H21N5/c1-4-12-6-10(13(8-18-12)9(2)3)5-11-7-19-15(17)20-14(11)16/h6-9H,4-5H2,1-3H3,(H4,16,17,19,20). The molecule has 0 spiro atoms. The molecule has 2 heterocycles. The van der Waals surface area contributed by atoms with Crippen molar-refractivity contribution < 1.29 is 0 Å². The Balaban J connectivity index is 2.40. The summed E-state index contributed by atoms with van der Waals surface area (Å²) in [6, 6.07) is 2.14. The molecule has 0 radical (unpaired) electrons. The summed E-state index contributed by atoms with van der Waals surface area (Å²) < 4.78 is 0. The van der Waals surface area contributed by atoms with Gasteiger partial charge in [0.15, 0.2) is 0 Å². The summed E-state index contributed by atoms with van der Waals surface area (Å²) in [6.07, 6.45) is 5.29. The maximum atomic E-state index is 5.92. The van der Waals surface area contributed by atoms with Crippen LogP contribution in [0.15, 0.2) is 18.5 Å². The first-order valence-electron chi connectivity index (χ1n) is 6.85. The van der Waals surface area contributed by atoms with Gasteiger partial charge in [-0.3, -0.25) is 4.98 Å². The van der Waals surface area contributed by atoms with Crippen molar-refractivity contribution in [2.45, 2.75) is 39.5 Å². The molecule has 20 heavy (non-hydrogen) atoms. The van der Waals surface area contributed by atoms with Crippen molar-refractivity contribution in [1.29, 1.82) is 0 Å². The molecule has 0 aromatic carbocycles. The van der Waals surface area contributed by atoms with Gasteiger partial charge < -0.3 is 11.5 Å². The average Bonchev–Trinajstić information content (AvgIpc) is 2.41. The van der Waals surface area contributed by atoms with Crippen LogP contribution in [0.4, 0.5) is 11.8 Å². The van der Waals surface area contributed by atoms with Crippen LogP contribution in [0.1, 0.15) is 49.1 Å². The molecule has 0 aliphatic heterocycles. The summed E-state index contributed by atoms with van der Waals surface area (Å²) >= 11 is 0. The lowest BCUT2D eigenvalue weighted by Crippen LogP contribution is -2.06. The Morgan fingerprint density at radius 1 is 1.10 bits per heavy atom. The smallest absolute Gasteiger partial charge is 0.221 e. The Kier molecular flexibility index (Phi) is 4.17. The Bertz CT molecular complexity index is 607. The van der Waals surface area contributed by atoms with Crippen molar-refractivity contribution >= 4 is 11.8 Å². The lowest BCUT2D eigenvalue weighted by Gasteiger charge is -2.14. The zero-order valence-corrected chi connectivity index (χ0v) is 12.2. The van der Waals surface area contributed by atoms with Crippen LogP contribution < -0.4 is 11.5 Å². The van der Waals surface area contributed by atoms with E-state index in [4.69, 9.17) is 11.5 Å². The molecule has 0 amide bonds. The molecule has 106 valence electrons. The third-order valence-electron chi connectivity index (χ3n) is 3.36. The quantitative estimate of drug-likeness (QED) is 0.890. The number of rotatable bonds is 4. The Morgan fingerprint density at radius 3 is 2.45 bits per heavy atom. The number of nitrogens with two attached hydrogens (primary N) is 2. The Hall–Kier alpha value is -2.17. The second-order valence-corrected chi connectivity index (χ2v) is 5.20. The van der Waals surface area contributed by atoms with Gasteiger partial charge in [-0.2, -0.15) is 4.98 Å². The number of nitrogen functional groups attached to an aromatic ring is 2. The van der Waals surface area contributed by atoms with Gasteiger partial charge in [0.05, 0.1) is 0 Å². The maximum Gasteiger partial charge on any atom is 0.221 e. The highest BCUT2D eigenvalue weighted by Gasteiger charge is 2.11. The second kappa shape index (κ2) is 5.86. The van der Waals surface area contributed by atoms with E-state index in [0.717, 1.165) is 17.7 Å². The van der Waals surface area contributed by atoms with Crippen molar-refractivity contribution in [2.24, 2.45) is 0 Å². The number of hydrogen-bond acceptors (Lipinski definition) is 5. The van der Waals surface area contributed by atoms with Crippen LogP contribution in [0.5, 0.6) is 0 Å². The number of hydrogen-bond donors (Lipinski definition) is 2. The summed E-state index contributed by atoms with van der Waals surface area (Å²) in [5.74, 6) is 1.07. The van der Waals surface area contributed by atoms with Gasteiger partial charge in [0.1, 0.15) is 5.82 Å². The SMILES string of the molecule is CCc1cc(Cc2cnc(N)nc2N)c(C(C)C)cn1. The summed E-state index contributed by atoms with van der Waals surface area (Å²) in [5.41, 5.74) is 15.9. The fourth-order valence-corrected chi connectivity index (χ4v) is 2.20. The monoisotopic (exact) mass is 271 g/mol. The van der Waals surface area contributed by atoms with Gasteiger partial charge in [0.2, 0.25) is 5.95 Å². The van der Waals surface area contributed by atoms with Crippen molar-refractivity contribution in [3.05, 3.63) is 40.8 Å². The van der Waals surface area contributed by atoms with Crippen LogP contribution >= 0.6 is 0 Å². The van der Waals surface area contributed by atoms with Crippen LogP contribution in [0.25, 0.3) is 0 Å². The molecule has 0 unspecified atom stereocenters. The molecule has 0 atom stereocenters. The molecule has 0 aliphatic carbocycles. The van der Waals surface area contributed by atoms with Gasteiger partial charge in [-0.05, 0) is 29.5 Å². The van der Waals surface area contributed by atoms with Gasteiger partial charge in [0.25, 0.3) is 0 Å². The van der Waals surface area contributed by atoms with Crippen LogP contribution in [0.2, 0.25) is 0 Å². The number of aromatic nitrogens is 3. The first-order valence-corrected chi connectivity index (χ1v) is 6.85. The Morgan fingerprint density at radius 2 is 1.85 bits per heavy atom. The lowest BCUT2D eigenvalue weighted by atomic mass is 9.94. The van der Waals surface area contributed by atoms with E-state index >= 15 is 0 Å². The molecule has 5 nitrogen and oxygen atoms in total. The number of anilines is 2. The van der Waals surface area contributed by atoms with E-state index in [9.17, 15) is 0 Å². The maximum absolute atomic E-state index is 5.92. The van der Waals surface area contributed by atoms with Crippen LogP contribution in [-0.4, -0.2) is 15.0 Å². The summed E-state index contributed by atoms with van der Waals surface area (Å²) in [6.45, 7) is 6.42. The topological polar surface area (TPSA) is 90.7 Å². The predicted molar refractivity (Wildman–Crippen MR) is 81.4 cm³/mol. The molecule has 0 saturated heterocycles. The van der Waals surface area contributed by atoms with Gasteiger partial charge in [-0.25, -0.2) is 4.98 Å². The highest BCUT2D eigenvalue weighted by Crippen LogP contribution is 2.23. The first-order chi connectivity index (χ1) is 9.51. The molecule has 0 aliphatic rings. The molecule has 2 rings (SSSR count). The van der Waals surface area contributed by atoms with Gasteiger partial charge in [0, 0.05) is 30.1 Å². The molecule has 0 fully saturated rings. The molecule has 4 N–H and O–H groups in total. The summed E-state index contributed by atoms with van der Waals surface area (Å²) in [5, 5.41) is 0. The highest BCUT2D eigenvalue weighted by molar-refractivity contribution is 5.45. The van der Waals surface area contributed by atoms with Crippen molar-refractivity contribution in [2.75, 3.05) is 11.5 Å². The summed E-state index contributed by atoms with van der Waals surface area (Å²) in [7, 11) is 0. The zero-order valence-electron chi connectivity index (χ0n) is 12.2. The normalized spacial score (nSPS) is 11.0. The molecular formula is C15H21N5. The van der Waals surface area contributed by atoms with Gasteiger partial charge in [-0.1, -0.05) is 20.8 Å². The van der Waals surface area contributed by atoms with E-state index in [0.29, 0.717) is 18.2 Å². The first kappa shape index (κ1) is 14.2. The number of aryl methyl sites for hydroxylation is 1. The predicted octanol–water partition coefficient (Wildman–Crippen LogP) is 2.31. The van der Waals surface area contributed by atoms with Crippen LogP contribution in [0.3, 0.4) is 0 Å². The van der Waals surface area contributed by atoms with E-state index < -0.39 is 0 Å². The largest absolute Gasteiger partial charge is 0.383 e. The second-order valence-electron chi connectivity index (χ2n) is 5.20. The van der Waals surface area contributed by atoms with Crippen LogP contribution in [0, 0.1) is 0 Å². The average molecular weight is 271 g/mol. The molecule has 2 aromatic heterocycles. The molecule has 0 saturated carbocycles. The van der Waals surface area contributed by atoms with E-state index in [-0.39, 0.29) is 5.95 Å². The number of pyridine rings is 1. The van der Waals surface area contributed by atoms with Gasteiger partial charge >= 0.3 is 0 Å². The van der Waals surface area contributed by atoms with Crippen molar-refractivity contribution in [3.63, 3.8) is 0 Å². The minimum absolute atomic E-state index is 0.208. The van der Waals surface area contributed by atoms with Gasteiger partial charge in [-0.15, -0.1) is 0 Å². The molecule has 5 heteroatoms. The zero-order chi connectivity index (χ0) is 14.7. The van der Waals surface area contributed by atoms with E-state index in [2.05, 4.69) is 41.8 Å². The van der Waals surface area contributed by atoms with Crippen molar-refractivity contribution in [3.8, 4) is 0 Å². The number of nitrogens with zero attached hydrogens (tertiary/aromatic N) is 3. The third-order valence-corrected chi connectivity index (χ3v) is 3.36. The Labute approximate surface area is 119 Å². The summed E-state index contributed by atoms with van der Waals surface area (Å²) in [4.78, 5) is 12.5. The van der Waals surface area contributed by atoms with E-state index in [1.54, 1.807) is 6.20 Å². The van der Waals surface area contributed by atoms with E-state index in [1.165, 1.54) is 11.1 Å². The minimum Gasteiger partial charge on any atom is -0.383 e.